The van der Waals surface area contributed by atoms with E-state index in [-0.39, 0.29) is 17.7 Å². The predicted molar refractivity (Wildman–Crippen MR) is 39.9 cm³/mol. The Morgan fingerprint density at radius 3 is 2.92 bits per heavy atom. The van der Waals surface area contributed by atoms with E-state index in [9.17, 15) is 14.7 Å². The van der Waals surface area contributed by atoms with E-state index in [1.165, 1.54) is 6.07 Å². The smallest absolute Gasteiger partial charge is 0.339 e. The Kier molecular flexibility index (Phi) is 1.55. The fraction of sp³-hybridized carbons (Fsp3) is 0.111. The summed E-state index contributed by atoms with van der Waals surface area (Å²) in [6, 6.07) is 4.55. The highest BCUT2D eigenvalue weighted by atomic mass is 16.5. The molecule has 0 amide bonds. The first kappa shape index (κ1) is 7.79. The molecule has 4 heteroatoms. The zero-order valence-corrected chi connectivity index (χ0v) is 6.57. The van der Waals surface area contributed by atoms with Crippen LogP contribution >= 0.6 is 0 Å². The van der Waals surface area contributed by atoms with Crippen LogP contribution in [0.5, 0.6) is 0 Å². The molecule has 0 aliphatic carbocycles. The number of carboxylic acid groups (broad SMARTS) is 1. The minimum absolute atomic E-state index is 0.0972. The molecule has 0 bridgehead atoms. The third-order valence-electron chi connectivity index (χ3n) is 1.93. The van der Waals surface area contributed by atoms with Crippen LogP contribution in [0.1, 0.15) is 26.3 Å². The van der Waals surface area contributed by atoms with Crippen LogP contribution in [-0.2, 0) is 11.3 Å². The van der Waals surface area contributed by atoms with Crippen molar-refractivity contribution in [3.05, 3.63) is 34.9 Å². The number of fused-ring (bicyclic) bond motifs is 1. The number of rotatable bonds is 1. The molecule has 0 saturated carbocycles. The van der Waals surface area contributed by atoms with Crippen LogP contribution in [0, 0.1) is 0 Å². The maximum Gasteiger partial charge on any atom is 0.339 e. The van der Waals surface area contributed by atoms with Gasteiger partial charge in [-0.25, -0.2) is 4.79 Å². The van der Waals surface area contributed by atoms with Crippen molar-refractivity contribution in [2.45, 2.75) is 6.61 Å². The quantitative estimate of drug-likeness (QED) is 0.553. The van der Waals surface area contributed by atoms with Crippen LogP contribution in [0.15, 0.2) is 18.2 Å². The number of hydrogen-bond acceptors (Lipinski definition) is 4. The fourth-order valence-corrected chi connectivity index (χ4v) is 1.35. The summed E-state index contributed by atoms with van der Waals surface area (Å²) in [5.41, 5.74) is 0.634. The summed E-state index contributed by atoms with van der Waals surface area (Å²) in [5, 5.41) is 10.6. The summed E-state index contributed by atoms with van der Waals surface area (Å²) in [6.45, 7) is 0.148. The summed E-state index contributed by atoms with van der Waals surface area (Å²) >= 11 is 0. The SMILES string of the molecule is O=C([O-])c1cccc2c1C(=O)OC2. The lowest BCUT2D eigenvalue weighted by Crippen LogP contribution is -2.24. The van der Waals surface area contributed by atoms with Gasteiger partial charge in [-0.1, -0.05) is 18.2 Å². The topological polar surface area (TPSA) is 66.4 Å². The minimum Gasteiger partial charge on any atom is -0.545 e. The Morgan fingerprint density at radius 1 is 1.46 bits per heavy atom. The zero-order chi connectivity index (χ0) is 9.42. The summed E-state index contributed by atoms with van der Waals surface area (Å²) in [4.78, 5) is 21.7. The Bertz CT molecular complexity index is 395. The third kappa shape index (κ3) is 1.07. The molecule has 0 atom stereocenters. The number of esters is 1. The molecule has 0 unspecified atom stereocenters. The van der Waals surface area contributed by atoms with Gasteiger partial charge in [-0.05, 0) is 0 Å². The second-order valence-electron chi connectivity index (χ2n) is 2.70. The van der Waals surface area contributed by atoms with Gasteiger partial charge in [-0.3, -0.25) is 0 Å². The highest BCUT2D eigenvalue weighted by molar-refractivity contribution is 6.04. The van der Waals surface area contributed by atoms with Crippen molar-refractivity contribution in [1.82, 2.24) is 0 Å². The number of carbonyl (C=O) groups is 2. The van der Waals surface area contributed by atoms with Gasteiger partial charge in [0.25, 0.3) is 0 Å². The first-order valence-corrected chi connectivity index (χ1v) is 3.70. The van der Waals surface area contributed by atoms with Gasteiger partial charge in [0, 0.05) is 11.1 Å². The number of ether oxygens (including phenoxy) is 1. The Hall–Kier alpha value is -1.84. The normalized spacial score (nSPS) is 13.7. The molecule has 0 radical (unpaired) electrons. The second kappa shape index (κ2) is 2.58. The number of carbonyl (C=O) groups excluding carboxylic acids is 2. The van der Waals surface area contributed by atoms with E-state index >= 15 is 0 Å². The molecule has 1 aromatic rings. The highest BCUT2D eigenvalue weighted by Crippen LogP contribution is 2.22. The molecule has 13 heavy (non-hydrogen) atoms. The van der Waals surface area contributed by atoms with Crippen molar-refractivity contribution >= 4 is 11.9 Å². The second-order valence-corrected chi connectivity index (χ2v) is 2.70. The predicted octanol–water partition coefficient (Wildman–Crippen LogP) is -0.280. The van der Waals surface area contributed by atoms with Crippen molar-refractivity contribution in [1.29, 1.82) is 0 Å². The van der Waals surface area contributed by atoms with Crippen LogP contribution in [0.25, 0.3) is 0 Å². The van der Waals surface area contributed by atoms with Gasteiger partial charge < -0.3 is 14.6 Å². The van der Waals surface area contributed by atoms with Crippen LogP contribution < -0.4 is 5.11 Å². The van der Waals surface area contributed by atoms with Crippen molar-refractivity contribution in [3.8, 4) is 0 Å². The number of hydrogen-bond donors (Lipinski definition) is 0. The van der Waals surface area contributed by atoms with Crippen molar-refractivity contribution in [2.24, 2.45) is 0 Å². The van der Waals surface area contributed by atoms with E-state index in [2.05, 4.69) is 4.74 Å². The number of aromatic carboxylic acids is 1. The summed E-state index contributed by atoms with van der Waals surface area (Å²) in [5.74, 6) is -1.94. The largest absolute Gasteiger partial charge is 0.545 e. The maximum absolute atomic E-state index is 11.1. The lowest BCUT2D eigenvalue weighted by Gasteiger charge is -2.04. The van der Waals surface area contributed by atoms with E-state index < -0.39 is 11.9 Å². The van der Waals surface area contributed by atoms with Gasteiger partial charge >= 0.3 is 5.97 Å². The molecular weight excluding hydrogens is 172 g/mol. The van der Waals surface area contributed by atoms with Crippen LogP contribution in [0.2, 0.25) is 0 Å². The minimum atomic E-state index is -1.35. The molecule has 0 saturated heterocycles. The van der Waals surface area contributed by atoms with Crippen molar-refractivity contribution in [3.63, 3.8) is 0 Å². The van der Waals surface area contributed by atoms with Gasteiger partial charge in [0.2, 0.25) is 0 Å². The lowest BCUT2D eigenvalue weighted by molar-refractivity contribution is -0.255. The fourth-order valence-electron chi connectivity index (χ4n) is 1.35. The van der Waals surface area contributed by atoms with Gasteiger partial charge in [0.05, 0.1) is 11.5 Å². The number of cyclic esters (lactones) is 1. The number of carboxylic acids is 1. The first-order chi connectivity index (χ1) is 6.20. The first-order valence-electron chi connectivity index (χ1n) is 3.70. The molecule has 1 aromatic carbocycles. The average molecular weight is 177 g/mol. The van der Waals surface area contributed by atoms with Crippen molar-refractivity contribution < 1.29 is 19.4 Å². The van der Waals surface area contributed by atoms with E-state index in [0.717, 1.165) is 0 Å². The Labute approximate surface area is 73.8 Å². The van der Waals surface area contributed by atoms with E-state index in [1.54, 1.807) is 12.1 Å². The summed E-state index contributed by atoms with van der Waals surface area (Å²) < 4.78 is 4.68. The molecule has 66 valence electrons. The van der Waals surface area contributed by atoms with E-state index in [0.29, 0.717) is 5.56 Å². The molecule has 1 aliphatic heterocycles. The average Bonchev–Trinajstić information content (AvgIpc) is 2.48. The molecule has 0 spiro atoms. The van der Waals surface area contributed by atoms with E-state index in [1.807, 2.05) is 0 Å². The summed E-state index contributed by atoms with van der Waals surface area (Å²) in [6.07, 6.45) is 0. The molecule has 0 fully saturated rings. The molecule has 1 aliphatic rings. The zero-order valence-electron chi connectivity index (χ0n) is 6.57. The van der Waals surface area contributed by atoms with Crippen LogP contribution in [-0.4, -0.2) is 11.9 Å². The maximum atomic E-state index is 11.1. The van der Waals surface area contributed by atoms with Crippen molar-refractivity contribution in [2.75, 3.05) is 0 Å². The van der Waals surface area contributed by atoms with E-state index in [4.69, 9.17) is 0 Å². The summed E-state index contributed by atoms with van der Waals surface area (Å²) in [7, 11) is 0. The monoisotopic (exact) mass is 177 g/mol. The van der Waals surface area contributed by atoms with Gasteiger partial charge in [0.1, 0.15) is 6.61 Å². The molecule has 1 heterocycles. The Morgan fingerprint density at radius 2 is 2.23 bits per heavy atom. The molecule has 2 rings (SSSR count). The molecule has 0 N–H and O–H groups in total. The Balaban J connectivity index is 2.66. The van der Waals surface area contributed by atoms with Gasteiger partial charge in [0.15, 0.2) is 0 Å². The standard InChI is InChI=1S/C9H6O4/c10-8(11)6-3-1-2-5-4-13-9(12)7(5)6/h1-3H,4H2,(H,10,11)/p-1. The van der Waals surface area contributed by atoms with Gasteiger partial charge in [-0.2, -0.15) is 0 Å². The molecule has 0 aromatic heterocycles. The van der Waals surface area contributed by atoms with Crippen LogP contribution in [0.4, 0.5) is 0 Å². The number of benzene rings is 1. The molecule has 4 nitrogen and oxygen atoms in total. The lowest BCUT2D eigenvalue weighted by atomic mass is 10.0. The van der Waals surface area contributed by atoms with Crippen LogP contribution in [0.3, 0.4) is 0 Å². The van der Waals surface area contributed by atoms with Gasteiger partial charge in [-0.15, -0.1) is 0 Å². The third-order valence-corrected chi connectivity index (χ3v) is 1.93. The highest BCUT2D eigenvalue weighted by Gasteiger charge is 2.24. The molecular formula is C9H5O4-.